The summed E-state index contributed by atoms with van der Waals surface area (Å²) in [5, 5.41) is 11.2. The van der Waals surface area contributed by atoms with Gasteiger partial charge in [-0.15, -0.1) is 21.5 Å². The van der Waals surface area contributed by atoms with Crippen molar-refractivity contribution in [2.75, 3.05) is 17.7 Å². The lowest BCUT2D eigenvalue weighted by atomic mass is 9.95. The van der Waals surface area contributed by atoms with E-state index >= 15 is 0 Å². The van der Waals surface area contributed by atoms with Gasteiger partial charge in [-0.3, -0.25) is 14.6 Å². The minimum atomic E-state index is -0.395. The second kappa shape index (κ2) is 8.66. The van der Waals surface area contributed by atoms with Crippen LogP contribution in [0.25, 0.3) is 0 Å². The molecule has 27 heavy (non-hydrogen) atoms. The van der Waals surface area contributed by atoms with Gasteiger partial charge in [-0.05, 0) is 45.1 Å². The third-order valence-electron chi connectivity index (χ3n) is 4.08. The van der Waals surface area contributed by atoms with E-state index in [0.717, 1.165) is 47.9 Å². The number of aryl methyl sites for hydroxylation is 2. The van der Waals surface area contributed by atoms with Crippen LogP contribution in [0.1, 0.15) is 46.3 Å². The predicted octanol–water partition coefficient (Wildman–Crippen LogP) is 2.32. The Morgan fingerprint density at radius 1 is 1.30 bits per heavy atom. The van der Waals surface area contributed by atoms with Crippen LogP contribution in [0.2, 0.25) is 0 Å². The topological polar surface area (TPSA) is 114 Å². The second-order valence-corrected chi connectivity index (χ2v) is 8.09. The van der Waals surface area contributed by atoms with E-state index in [0.29, 0.717) is 10.6 Å². The van der Waals surface area contributed by atoms with Gasteiger partial charge in [-0.1, -0.05) is 11.8 Å². The number of carbonyl (C=O) groups excluding carboxylic acids is 2. The fourth-order valence-corrected chi connectivity index (χ4v) is 4.71. The number of ether oxygens (including phenoxy) is 1. The van der Waals surface area contributed by atoms with Crippen molar-refractivity contribution in [1.82, 2.24) is 15.2 Å². The van der Waals surface area contributed by atoms with E-state index in [1.165, 1.54) is 11.3 Å². The third-order valence-corrected chi connectivity index (χ3v) is 6.15. The van der Waals surface area contributed by atoms with Crippen LogP contribution in [0.3, 0.4) is 0 Å². The lowest BCUT2D eigenvalue weighted by Crippen LogP contribution is -2.18. The van der Waals surface area contributed by atoms with E-state index in [9.17, 15) is 14.4 Å². The number of esters is 1. The minimum Gasteiger partial charge on any atom is -0.462 e. The number of anilines is 1. The first kappa shape index (κ1) is 19.6. The number of amides is 1. The highest BCUT2D eigenvalue weighted by Crippen LogP contribution is 2.38. The number of hydrogen-bond acceptors (Lipinski definition) is 8. The summed E-state index contributed by atoms with van der Waals surface area (Å²) < 4.78 is 5.18. The Labute approximate surface area is 164 Å². The van der Waals surface area contributed by atoms with Gasteiger partial charge >= 0.3 is 5.97 Å². The highest BCUT2D eigenvalue weighted by molar-refractivity contribution is 7.99. The summed E-state index contributed by atoms with van der Waals surface area (Å²) in [5.41, 5.74) is 1.43. The van der Waals surface area contributed by atoms with Crippen molar-refractivity contribution in [1.29, 1.82) is 0 Å². The fraction of sp³-hybridized carbons (Fsp3) is 0.471. The quantitative estimate of drug-likeness (QED) is 0.557. The van der Waals surface area contributed by atoms with E-state index in [1.54, 1.807) is 13.8 Å². The molecule has 0 fully saturated rings. The van der Waals surface area contributed by atoms with Gasteiger partial charge in [0.15, 0.2) is 5.16 Å². The van der Waals surface area contributed by atoms with Crippen LogP contribution in [0.15, 0.2) is 9.95 Å². The Bertz CT molecular complexity index is 922. The molecule has 8 nitrogen and oxygen atoms in total. The lowest BCUT2D eigenvalue weighted by Gasteiger charge is -2.12. The number of thiophene rings is 1. The molecule has 0 aliphatic heterocycles. The lowest BCUT2D eigenvalue weighted by molar-refractivity contribution is -0.113. The van der Waals surface area contributed by atoms with Crippen LogP contribution < -0.4 is 10.9 Å². The van der Waals surface area contributed by atoms with Crippen LogP contribution in [0.4, 0.5) is 5.00 Å². The van der Waals surface area contributed by atoms with Crippen molar-refractivity contribution < 1.29 is 14.3 Å². The van der Waals surface area contributed by atoms with Gasteiger partial charge in [0.1, 0.15) is 10.7 Å². The largest absolute Gasteiger partial charge is 0.462 e. The standard InChI is InChI=1S/C17H20N4O4S2/c1-3-25-16(24)13-10-6-4-5-7-11(10)27-15(13)18-12(22)8-26-17-19-14(23)9(2)20-21-17/h3-8H2,1-2H3,(H,18,22)(H,19,21,23). The molecule has 0 saturated heterocycles. The van der Waals surface area contributed by atoms with E-state index in [1.807, 2.05) is 0 Å². The summed E-state index contributed by atoms with van der Waals surface area (Å²) in [6, 6.07) is 0. The number of nitrogens with one attached hydrogen (secondary N) is 2. The molecular formula is C17H20N4O4S2. The van der Waals surface area contributed by atoms with Crippen LogP contribution in [-0.2, 0) is 22.4 Å². The summed E-state index contributed by atoms with van der Waals surface area (Å²) in [7, 11) is 0. The van der Waals surface area contributed by atoms with Gasteiger partial charge in [0.25, 0.3) is 5.56 Å². The molecule has 0 radical (unpaired) electrons. The summed E-state index contributed by atoms with van der Waals surface area (Å²) in [4.78, 5) is 40.0. The van der Waals surface area contributed by atoms with Crippen molar-refractivity contribution in [2.24, 2.45) is 0 Å². The second-order valence-electron chi connectivity index (χ2n) is 6.02. The number of aromatic amines is 1. The van der Waals surface area contributed by atoms with Gasteiger partial charge in [-0.2, -0.15) is 0 Å². The smallest absolute Gasteiger partial charge is 0.341 e. The van der Waals surface area contributed by atoms with Gasteiger partial charge < -0.3 is 10.1 Å². The zero-order chi connectivity index (χ0) is 19.4. The monoisotopic (exact) mass is 408 g/mol. The maximum Gasteiger partial charge on any atom is 0.341 e. The third kappa shape index (κ3) is 4.56. The van der Waals surface area contributed by atoms with Gasteiger partial charge in [0.2, 0.25) is 5.91 Å². The number of nitrogens with zero attached hydrogens (tertiary/aromatic N) is 2. The van der Waals surface area contributed by atoms with Gasteiger partial charge in [0.05, 0.1) is 17.9 Å². The Kier molecular flexibility index (Phi) is 6.27. The zero-order valence-corrected chi connectivity index (χ0v) is 16.7. The molecule has 0 spiro atoms. The van der Waals surface area contributed by atoms with Crippen LogP contribution >= 0.6 is 23.1 Å². The number of thioether (sulfide) groups is 1. The van der Waals surface area contributed by atoms with Crippen molar-refractivity contribution >= 4 is 40.0 Å². The molecule has 1 aliphatic carbocycles. The Balaban J connectivity index is 1.73. The van der Waals surface area contributed by atoms with Gasteiger partial charge in [-0.25, -0.2) is 4.79 Å². The van der Waals surface area contributed by atoms with Crippen molar-refractivity contribution in [3.05, 3.63) is 32.1 Å². The molecular weight excluding hydrogens is 388 g/mol. The first-order chi connectivity index (χ1) is 13.0. The first-order valence-corrected chi connectivity index (χ1v) is 10.5. The molecule has 1 aliphatic rings. The van der Waals surface area contributed by atoms with E-state index < -0.39 is 5.97 Å². The highest BCUT2D eigenvalue weighted by atomic mass is 32.2. The zero-order valence-electron chi connectivity index (χ0n) is 15.1. The normalized spacial score (nSPS) is 13.1. The number of hydrogen-bond donors (Lipinski definition) is 2. The number of rotatable bonds is 6. The minimum absolute atomic E-state index is 0.0402. The molecule has 10 heteroatoms. The van der Waals surface area contributed by atoms with Crippen molar-refractivity contribution in [3.63, 3.8) is 0 Å². The van der Waals surface area contributed by atoms with Crippen LogP contribution in [0, 0.1) is 6.92 Å². The number of H-pyrrole nitrogens is 1. The molecule has 2 aromatic rings. The number of aromatic nitrogens is 3. The molecule has 144 valence electrons. The molecule has 2 N–H and O–H groups in total. The van der Waals surface area contributed by atoms with Crippen molar-refractivity contribution in [3.8, 4) is 0 Å². The summed E-state index contributed by atoms with van der Waals surface area (Å²) >= 11 is 2.52. The molecule has 0 atom stereocenters. The Hall–Kier alpha value is -2.20. The Morgan fingerprint density at radius 3 is 2.81 bits per heavy atom. The molecule has 2 heterocycles. The Morgan fingerprint density at radius 2 is 2.07 bits per heavy atom. The van der Waals surface area contributed by atoms with E-state index in [-0.39, 0.29) is 34.7 Å². The van der Waals surface area contributed by atoms with Gasteiger partial charge in [0, 0.05) is 4.88 Å². The summed E-state index contributed by atoms with van der Waals surface area (Å²) in [6.07, 6.45) is 3.85. The first-order valence-electron chi connectivity index (χ1n) is 8.67. The fourth-order valence-electron chi connectivity index (χ4n) is 2.81. The molecule has 3 rings (SSSR count). The summed E-state index contributed by atoms with van der Waals surface area (Å²) in [6.45, 7) is 3.60. The molecule has 0 bridgehead atoms. The molecule has 1 amide bonds. The number of carbonyl (C=O) groups is 2. The highest BCUT2D eigenvalue weighted by Gasteiger charge is 2.27. The van der Waals surface area contributed by atoms with Crippen LogP contribution in [-0.4, -0.2) is 39.4 Å². The summed E-state index contributed by atoms with van der Waals surface area (Å²) in [5.74, 6) is -0.639. The maximum absolute atomic E-state index is 12.4. The van der Waals surface area contributed by atoms with E-state index in [2.05, 4.69) is 20.5 Å². The SMILES string of the molecule is CCOC(=O)c1c(NC(=O)CSc2nnc(C)c(=O)[nH]2)sc2c1CCCC2. The average molecular weight is 409 g/mol. The average Bonchev–Trinajstić information content (AvgIpc) is 3.00. The maximum atomic E-state index is 12.4. The van der Waals surface area contributed by atoms with Crippen LogP contribution in [0.5, 0.6) is 0 Å². The molecule has 0 aromatic carbocycles. The molecule has 0 saturated carbocycles. The number of fused-ring (bicyclic) bond motifs is 1. The molecule has 2 aromatic heterocycles. The van der Waals surface area contributed by atoms with E-state index in [4.69, 9.17) is 4.74 Å². The van der Waals surface area contributed by atoms with Crippen molar-refractivity contribution in [2.45, 2.75) is 44.7 Å². The predicted molar refractivity (Wildman–Crippen MR) is 104 cm³/mol. The molecule has 0 unspecified atom stereocenters.